The summed E-state index contributed by atoms with van der Waals surface area (Å²) in [4.78, 5) is 4.29. The van der Waals surface area contributed by atoms with Crippen molar-refractivity contribution in [3.05, 3.63) is 35.2 Å². The third kappa shape index (κ3) is 6.96. The molecule has 30 heavy (non-hydrogen) atoms. The quantitative estimate of drug-likeness (QED) is 0.213. The van der Waals surface area contributed by atoms with E-state index in [1.807, 2.05) is 23.7 Å². The van der Waals surface area contributed by atoms with Crippen LogP contribution >= 0.6 is 24.0 Å². The highest BCUT2D eigenvalue weighted by atomic mass is 127. The standard InChI is InChI=1S/C21H33N5O3.HI/c1-15-14-16(2)26(25-15)13-7-11-23-21(22-3)24-12-10-17-8-9-18(27-4)20(29-6)19(17)28-5;/h8-9,14H,7,10-13H2,1-6H3,(H2,22,23,24);1H. The number of methoxy groups -OCH3 is 3. The van der Waals surface area contributed by atoms with Crippen LogP contribution in [-0.4, -0.2) is 57.2 Å². The van der Waals surface area contributed by atoms with Crippen LogP contribution in [0.5, 0.6) is 17.2 Å². The maximum atomic E-state index is 5.54. The fraction of sp³-hybridized carbons (Fsp3) is 0.524. The van der Waals surface area contributed by atoms with Crippen molar-refractivity contribution in [1.29, 1.82) is 0 Å². The van der Waals surface area contributed by atoms with Gasteiger partial charge in [-0.3, -0.25) is 9.67 Å². The molecule has 1 aromatic heterocycles. The van der Waals surface area contributed by atoms with Gasteiger partial charge in [0.15, 0.2) is 17.5 Å². The summed E-state index contributed by atoms with van der Waals surface area (Å²) < 4.78 is 18.4. The van der Waals surface area contributed by atoms with Gasteiger partial charge in [-0.15, -0.1) is 24.0 Å². The summed E-state index contributed by atoms with van der Waals surface area (Å²) in [6, 6.07) is 5.98. The van der Waals surface area contributed by atoms with E-state index < -0.39 is 0 Å². The lowest BCUT2D eigenvalue weighted by Crippen LogP contribution is -2.39. The first kappa shape index (κ1) is 25.9. The molecule has 0 saturated carbocycles. The van der Waals surface area contributed by atoms with Crippen molar-refractivity contribution >= 4 is 29.9 Å². The highest BCUT2D eigenvalue weighted by Gasteiger charge is 2.15. The molecule has 0 saturated heterocycles. The molecule has 0 amide bonds. The Morgan fingerprint density at radius 2 is 1.73 bits per heavy atom. The number of aryl methyl sites for hydroxylation is 3. The van der Waals surface area contributed by atoms with Crippen LogP contribution in [0.3, 0.4) is 0 Å². The third-order valence-electron chi connectivity index (χ3n) is 4.64. The van der Waals surface area contributed by atoms with Gasteiger partial charge in [0.1, 0.15) is 0 Å². The van der Waals surface area contributed by atoms with Gasteiger partial charge in [-0.2, -0.15) is 5.10 Å². The van der Waals surface area contributed by atoms with Crippen molar-refractivity contribution in [3.8, 4) is 17.2 Å². The van der Waals surface area contributed by atoms with Crippen molar-refractivity contribution < 1.29 is 14.2 Å². The van der Waals surface area contributed by atoms with Gasteiger partial charge >= 0.3 is 0 Å². The second-order valence-electron chi connectivity index (χ2n) is 6.67. The predicted molar refractivity (Wildman–Crippen MR) is 131 cm³/mol. The second-order valence-corrected chi connectivity index (χ2v) is 6.67. The number of hydrogen-bond acceptors (Lipinski definition) is 5. The van der Waals surface area contributed by atoms with Crippen LogP contribution in [0.15, 0.2) is 23.2 Å². The maximum absolute atomic E-state index is 5.54. The Morgan fingerprint density at radius 1 is 1.03 bits per heavy atom. The largest absolute Gasteiger partial charge is 0.493 e. The molecule has 9 heteroatoms. The monoisotopic (exact) mass is 531 g/mol. The summed E-state index contributed by atoms with van der Waals surface area (Å²) >= 11 is 0. The topological polar surface area (TPSA) is 81.9 Å². The Balaban J connectivity index is 0.00000450. The maximum Gasteiger partial charge on any atom is 0.203 e. The lowest BCUT2D eigenvalue weighted by molar-refractivity contribution is 0.322. The number of nitrogens with one attached hydrogen (secondary N) is 2. The number of aromatic nitrogens is 2. The molecular formula is C21H34IN5O3. The van der Waals surface area contributed by atoms with Crippen LogP contribution in [0, 0.1) is 13.8 Å². The van der Waals surface area contributed by atoms with Crippen molar-refractivity contribution in [1.82, 2.24) is 20.4 Å². The number of guanidine groups is 1. The van der Waals surface area contributed by atoms with Crippen molar-refractivity contribution in [2.45, 2.75) is 33.2 Å². The molecule has 0 spiro atoms. The van der Waals surface area contributed by atoms with E-state index in [9.17, 15) is 0 Å². The van der Waals surface area contributed by atoms with Gasteiger partial charge in [0.2, 0.25) is 5.75 Å². The summed E-state index contributed by atoms with van der Waals surface area (Å²) in [6.45, 7) is 6.50. The average Bonchev–Trinajstić information content (AvgIpc) is 3.05. The molecule has 0 aliphatic heterocycles. The minimum absolute atomic E-state index is 0. The first-order valence-electron chi connectivity index (χ1n) is 9.77. The average molecular weight is 531 g/mol. The van der Waals surface area contributed by atoms with Crippen LogP contribution in [0.1, 0.15) is 23.4 Å². The van der Waals surface area contributed by atoms with Gasteiger partial charge < -0.3 is 24.8 Å². The molecule has 0 bridgehead atoms. The molecule has 1 aromatic carbocycles. The molecule has 2 rings (SSSR count). The molecule has 8 nitrogen and oxygen atoms in total. The molecule has 0 radical (unpaired) electrons. The lowest BCUT2D eigenvalue weighted by atomic mass is 10.1. The van der Waals surface area contributed by atoms with Gasteiger partial charge in [0.05, 0.1) is 27.0 Å². The molecule has 0 unspecified atom stereocenters. The zero-order chi connectivity index (χ0) is 21.2. The van der Waals surface area contributed by atoms with Crippen LogP contribution in [0.4, 0.5) is 0 Å². The van der Waals surface area contributed by atoms with Crippen molar-refractivity contribution in [3.63, 3.8) is 0 Å². The summed E-state index contributed by atoms with van der Waals surface area (Å²) in [5, 5.41) is 11.2. The van der Waals surface area contributed by atoms with Gasteiger partial charge in [0.25, 0.3) is 0 Å². The molecule has 0 atom stereocenters. The second kappa shape index (κ2) is 13.2. The van der Waals surface area contributed by atoms with E-state index >= 15 is 0 Å². The summed E-state index contributed by atoms with van der Waals surface area (Å²) in [5.74, 6) is 2.74. The van der Waals surface area contributed by atoms with Crippen molar-refractivity contribution in [2.75, 3.05) is 41.5 Å². The molecule has 1 heterocycles. The molecule has 0 fully saturated rings. The number of rotatable bonds is 10. The van der Waals surface area contributed by atoms with E-state index in [0.29, 0.717) is 23.8 Å². The number of aliphatic imine (C=N–C) groups is 1. The number of nitrogens with zero attached hydrogens (tertiary/aromatic N) is 3. The molecular weight excluding hydrogens is 497 g/mol. The Kier molecular flexibility index (Phi) is 11.4. The SMILES string of the molecule is CN=C(NCCCn1nc(C)cc1C)NCCc1ccc(OC)c(OC)c1OC.I. The minimum atomic E-state index is 0. The number of hydrogen-bond donors (Lipinski definition) is 2. The van der Waals surface area contributed by atoms with Crippen LogP contribution in [0.2, 0.25) is 0 Å². The Labute approximate surface area is 196 Å². The van der Waals surface area contributed by atoms with E-state index in [1.54, 1.807) is 28.4 Å². The summed E-state index contributed by atoms with van der Waals surface area (Å²) in [6.07, 6.45) is 1.72. The number of ether oxygens (including phenoxy) is 3. The van der Waals surface area contributed by atoms with Crippen LogP contribution < -0.4 is 24.8 Å². The normalized spacial score (nSPS) is 10.9. The Bertz CT molecular complexity index is 823. The molecule has 2 aromatic rings. The highest BCUT2D eigenvalue weighted by molar-refractivity contribution is 14.0. The first-order valence-corrected chi connectivity index (χ1v) is 9.77. The van der Waals surface area contributed by atoms with E-state index in [1.165, 1.54) is 5.69 Å². The summed E-state index contributed by atoms with van der Waals surface area (Å²) in [7, 11) is 6.63. The van der Waals surface area contributed by atoms with Gasteiger partial charge in [-0.25, -0.2) is 0 Å². The fourth-order valence-corrected chi connectivity index (χ4v) is 3.23. The van der Waals surface area contributed by atoms with E-state index in [2.05, 4.69) is 33.7 Å². The van der Waals surface area contributed by atoms with Gasteiger partial charge in [-0.1, -0.05) is 6.07 Å². The minimum Gasteiger partial charge on any atom is -0.493 e. The smallest absolute Gasteiger partial charge is 0.203 e. The molecule has 2 N–H and O–H groups in total. The molecule has 168 valence electrons. The van der Waals surface area contributed by atoms with Crippen LogP contribution in [-0.2, 0) is 13.0 Å². The van der Waals surface area contributed by atoms with Gasteiger partial charge in [-0.05, 0) is 38.8 Å². The van der Waals surface area contributed by atoms with E-state index in [0.717, 1.165) is 43.1 Å². The van der Waals surface area contributed by atoms with E-state index in [4.69, 9.17) is 14.2 Å². The Morgan fingerprint density at radius 3 is 2.30 bits per heavy atom. The molecule has 0 aliphatic rings. The third-order valence-corrected chi connectivity index (χ3v) is 4.64. The Hall–Kier alpha value is -2.17. The number of halogens is 1. The van der Waals surface area contributed by atoms with Crippen molar-refractivity contribution in [2.24, 2.45) is 4.99 Å². The lowest BCUT2D eigenvalue weighted by Gasteiger charge is -2.16. The zero-order valence-electron chi connectivity index (χ0n) is 18.7. The van der Waals surface area contributed by atoms with Crippen LogP contribution in [0.25, 0.3) is 0 Å². The number of benzene rings is 1. The van der Waals surface area contributed by atoms with E-state index in [-0.39, 0.29) is 24.0 Å². The fourth-order valence-electron chi connectivity index (χ4n) is 3.23. The van der Waals surface area contributed by atoms with Gasteiger partial charge in [0, 0.05) is 37.9 Å². The first-order chi connectivity index (χ1) is 14.0. The molecule has 0 aliphatic carbocycles. The highest BCUT2D eigenvalue weighted by Crippen LogP contribution is 2.39. The zero-order valence-corrected chi connectivity index (χ0v) is 21.1. The predicted octanol–water partition coefficient (Wildman–Crippen LogP) is 2.94. The summed E-state index contributed by atoms with van der Waals surface area (Å²) in [5.41, 5.74) is 3.28.